The predicted octanol–water partition coefficient (Wildman–Crippen LogP) is 2.04. The van der Waals surface area contributed by atoms with Gasteiger partial charge in [0.25, 0.3) is 0 Å². The van der Waals surface area contributed by atoms with Crippen LogP contribution >= 0.6 is 23.4 Å². The standard InChI is InChI=1S/C19H17ClF2N4O4S/c20-10-4-11(6-23-5-10)31-19-18(29)16(17(28)15(8-27)30-19)26-7-14(24-25-26)9-1-2-12(21)13(22)3-9/h1-7,15-19,27-29H,8H2/t15-,16+,17+,18-,19-/m1/s1. The van der Waals surface area contributed by atoms with E-state index in [1.807, 2.05) is 0 Å². The summed E-state index contributed by atoms with van der Waals surface area (Å²) in [5, 5.41) is 39.5. The SMILES string of the molecule is OC[C@H]1O[C@H](Sc2cncc(Cl)c2)[C@H](O)[C@@H](n2cc(-c3ccc(F)c(F)c3)nn2)[C@H]1O. The fraction of sp³-hybridized carbons (Fsp3) is 0.316. The van der Waals surface area contributed by atoms with E-state index in [-0.39, 0.29) is 11.3 Å². The van der Waals surface area contributed by atoms with Gasteiger partial charge in [-0.15, -0.1) is 5.10 Å². The third-order valence-electron chi connectivity index (χ3n) is 4.81. The number of thioether (sulfide) groups is 1. The van der Waals surface area contributed by atoms with Crippen LogP contribution in [0, 0.1) is 11.6 Å². The van der Waals surface area contributed by atoms with Gasteiger partial charge in [0.15, 0.2) is 11.6 Å². The van der Waals surface area contributed by atoms with E-state index >= 15 is 0 Å². The summed E-state index contributed by atoms with van der Waals surface area (Å²) < 4.78 is 33.7. The Bertz CT molecular complexity index is 1070. The van der Waals surface area contributed by atoms with Crippen LogP contribution in [-0.4, -0.2) is 65.7 Å². The predicted molar refractivity (Wildman–Crippen MR) is 107 cm³/mol. The van der Waals surface area contributed by atoms with Gasteiger partial charge in [-0.1, -0.05) is 28.6 Å². The van der Waals surface area contributed by atoms with E-state index in [0.717, 1.165) is 23.9 Å². The van der Waals surface area contributed by atoms with Gasteiger partial charge in [0.05, 0.1) is 17.8 Å². The zero-order chi connectivity index (χ0) is 22.1. The molecule has 1 aromatic carbocycles. The molecule has 3 aromatic rings. The molecule has 3 heterocycles. The van der Waals surface area contributed by atoms with E-state index in [9.17, 15) is 24.1 Å². The molecule has 4 rings (SSSR count). The monoisotopic (exact) mass is 470 g/mol. The minimum absolute atomic E-state index is 0.216. The molecular formula is C19H17ClF2N4O4S. The van der Waals surface area contributed by atoms with Gasteiger partial charge in [0, 0.05) is 22.9 Å². The fourth-order valence-corrected chi connectivity index (χ4v) is 4.60. The zero-order valence-electron chi connectivity index (χ0n) is 15.7. The molecular weight excluding hydrogens is 454 g/mol. The van der Waals surface area contributed by atoms with Gasteiger partial charge in [0.2, 0.25) is 0 Å². The van der Waals surface area contributed by atoms with Crippen molar-refractivity contribution in [2.75, 3.05) is 6.61 Å². The van der Waals surface area contributed by atoms with Crippen LogP contribution in [0.25, 0.3) is 11.3 Å². The van der Waals surface area contributed by atoms with Crippen molar-refractivity contribution in [3.05, 3.63) is 59.5 Å². The van der Waals surface area contributed by atoms with Gasteiger partial charge >= 0.3 is 0 Å². The lowest BCUT2D eigenvalue weighted by Crippen LogP contribution is -2.55. The Morgan fingerprint density at radius 1 is 1.13 bits per heavy atom. The highest BCUT2D eigenvalue weighted by molar-refractivity contribution is 7.99. The lowest BCUT2D eigenvalue weighted by molar-refractivity contribution is -0.178. The maximum atomic E-state index is 13.6. The summed E-state index contributed by atoms with van der Waals surface area (Å²) in [6.45, 7) is -0.500. The molecule has 0 saturated carbocycles. The van der Waals surface area contributed by atoms with E-state index in [0.29, 0.717) is 9.92 Å². The molecule has 3 N–H and O–H groups in total. The first kappa shape index (κ1) is 22.1. The Morgan fingerprint density at radius 3 is 2.65 bits per heavy atom. The number of rotatable bonds is 5. The smallest absolute Gasteiger partial charge is 0.159 e. The van der Waals surface area contributed by atoms with Crippen LogP contribution in [0.1, 0.15) is 6.04 Å². The number of aliphatic hydroxyl groups is 3. The molecule has 1 aliphatic heterocycles. The van der Waals surface area contributed by atoms with Crippen LogP contribution < -0.4 is 0 Å². The number of ether oxygens (including phenoxy) is 1. The van der Waals surface area contributed by atoms with Crippen LogP contribution in [0.15, 0.2) is 47.8 Å². The summed E-state index contributed by atoms with van der Waals surface area (Å²) in [4.78, 5) is 4.60. The van der Waals surface area contributed by atoms with Crippen molar-refractivity contribution < 1.29 is 28.8 Å². The van der Waals surface area contributed by atoms with E-state index in [1.165, 1.54) is 29.3 Å². The Labute approximate surface area is 184 Å². The average molecular weight is 471 g/mol. The number of halogens is 3. The third kappa shape index (κ3) is 4.56. The highest BCUT2D eigenvalue weighted by atomic mass is 35.5. The molecule has 12 heteroatoms. The van der Waals surface area contributed by atoms with Crippen LogP contribution in [0.2, 0.25) is 5.02 Å². The van der Waals surface area contributed by atoms with Gasteiger partial charge in [-0.3, -0.25) is 4.98 Å². The number of hydrogen-bond acceptors (Lipinski definition) is 8. The van der Waals surface area contributed by atoms with Crippen LogP contribution in [-0.2, 0) is 4.74 Å². The highest BCUT2D eigenvalue weighted by Crippen LogP contribution is 2.38. The first-order valence-electron chi connectivity index (χ1n) is 9.14. The second-order valence-electron chi connectivity index (χ2n) is 6.87. The number of benzene rings is 1. The van der Waals surface area contributed by atoms with Crippen molar-refractivity contribution in [1.82, 2.24) is 20.0 Å². The Kier molecular flexibility index (Phi) is 6.51. The van der Waals surface area contributed by atoms with Gasteiger partial charge in [-0.2, -0.15) is 0 Å². The number of pyridine rings is 1. The molecule has 2 aromatic heterocycles. The van der Waals surface area contributed by atoms with Crippen LogP contribution in [0.4, 0.5) is 8.78 Å². The van der Waals surface area contributed by atoms with Crippen LogP contribution in [0.5, 0.6) is 0 Å². The van der Waals surface area contributed by atoms with Crippen molar-refractivity contribution in [3.8, 4) is 11.3 Å². The van der Waals surface area contributed by atoms with Gasteiger partial charge in [-0.25, -0.2) is 13.5 Å². The second-order valence-corrected chi connectivity index (χ2v) is 8.47. The molecule has 0 aliphatic carbocycles. The molecule has 31 heavy (non-hydrogen) atoms. The van der Waals surface area contributed by atoms with Crippen molar-refractivity contribution >= 4 is 23.4 Å². The maximum Gasteiger partial charge on any atom is 0.159 e. The van der Waals surface area contributed by atoms with Crippen LogP contribution in [0.3, 0.4) is 0 Å². The Morgan fingerprint density at radius 2 is 1.94 bits per heavy atom. The molecule has 1 fully saturated rings. The lowest BCUT2D eigenvalue weighted by Gasteiger charge is -2.41. The largest absolute Gasteiger partial charge is 0.394 e. The number of aromatic nitrogens is 4. The normalized spacial score (nSPS) is 26.2. The second kappa shape index (κ2) is 9.15. The summed E-state index contributed by atoms with van der Waals surface area (Å²) in [7, 11) is 0. The summed E-state index contributed by atoms with van der Waals surface area (Å²) >= 11 is 7.07. The van der Waals surface area contributed by atoms with E-state index in [2.05, 4.69) is 15.3 Å². The molecule has 5 atom stereocenters. The quantitative estimate of drug-likeness (QED) is 0.519. The van der Waals surface area contributed by atoms with Gasteiger partial charge in [0.1, 0.15) is 35.5 Å². The fourth-order valence-electron chi connectivity index (χ4n) is 3.28. The molecule has 0 amide bonds. The molecule has 8 nitrogen and oxygen atoms in total. The molecule has 0 unspecified atom stereocenters. The molecule has 1 aliphatic rings. The average Bonchev–Trinajstić information content (AvgIpc) is 3.22. The van der Waals surface area contributed by atoms with Crippen molar-refractivity contribution in [2.45, 2.75) is 34.7 Å². The summed E-state index contributed by atoms with van der Waals surface area (Å²) in [6.07, 6.45) is 0.815. The Balaban J connectivity index is 1.62. The number of hydrogen-bond donors (Lipinski definition) is 3. The molecule has 0 radical (unpaired) electrons. The van der Waals surface area contributed by atoms with E-state index in [1.54, 1.807) is 6.07 Å². The van der Waals surface area contributed by atoms with Gasteiger partial charge < -0.3 is 20.1 Å². The molecule has 0 bridgehead atoms. The summed E-state index contributed by atoms with van der Waals surface area (Å²) in [5.74, 6) is -2.03. The van der Waals surface area contributed by atoms with Crippen molar-refractivity contribution in [2.24, 2.45) is 0 Å². The third-order valence-corrected chi connectivity index (χ3v) is 6.14. The molecule has 164 valence electrons. The van der Waals surface area contributed by atoms with E-state index < -0.39 is 48.0 Å². The van der Waals surface area contributed by atoms with Crippen molar-refractivity contribution in [1.29, 1.82) is 0 Å². The first-order valence-corrected chi connectivity index (χ1v) is 10.4. The van der Waals surface area contributed by atoms with Gasteiger partial charge in [-0.05, 0) is 24.3 Å². The van der Waals surface area contributed by atoms with E-state index in [4.69, 9.17) is 16.3 Å². The Hall–Kier alpha value is -2.15. The first-order chi connectivity index (χ1) is 14.9. The minimum atomic E-state index is -1.31. The number of nitrogens with zero attached hydrogens (tertiary/aromatic N) is 4. The zero-order valence-corrected chi connectivity index (χ0v) is 17.3. The maximum absolute atomic E-state index is 13.6. The van der Waals surface area contributed by atoms with Crippen molar-refractivity contribution in [3.63, 3.8) is 0 Å². The summed E-state index contributed by atoms with van der Waals surface area (Å²) in [5.41, 5.74) is -0.397. The summed E-state index contributed by atoms with van der Waals surface area (Å²) in [6, 6.07) is 3.89. The number of aliphatic hydroxyl groups excluding tert-OH is 3. The topological polar surface area (TPSA) is 114 Å². The molecule has 1 saturated heterocycles. The lowest BCUT2D eigenvalue weighted by atomic mass is 9.97. The highest BCUT2D eigenvalue weighted by Gasteiger charge is 2.46. The molecule has 0 spiro atoms. The minimum Gasteiger partial charge on any atom is -0.394 e.